The van der Waals surface area contributed by atoms with Gasteiger partial charge in [0.05, 0.1) is 11.1 Å². The lowest BCUT2D eigenvalue weighted by Gasteiger charge is -2.13. The van der Waals surface area contributed by atoms with Crippen molar-refractivity contribution in [2.24, 2.45) is 0 Å². The minimum Gasteiger partial charge on any atom is -0.507 e. The van der Waals surface area contributed by atoms with Gasteiger partial charge in [0.1, 0.15) is 5.75 Å². The maximum Gasteiger partial charge on any atom is 0.416 e. The predicted molar refractivity (Wildman–Crippen MR) is 72.2 cm³/mol. The monoisotopic (exact) mass is 295 g/mol. The number of carbonyl (C=O) groups excluding carboxylic acids is 1. The van der Waals surface area contributed by atoms with Crippen LogP contribution in [-0.2, 0) is 6.18 Å². The first-order valence-corrected chi connectivity index (χ1v) is 6.06. The van der Waals surface area contributed by atoms with Crippen molar-refractivity contribution < 1.29 is 23.1 Å². The molecule has 0 fully saturated rings. The number of alkyl halides is 3. The zero-order valence-electron chi connectivity index (χ0n) is 11.0. The Labute approximate surface area is 119 Å². The Kier molecular flexibility index (Phi) is 3.88. The SMILES string of the molecule is Cc1ccc(C(F)(F)F)cc1NC(=O)c1ccccc1O. The Morgan fingerprint density at radius 2 is 1.81 bits per heavy atom. The summed E-state index contributed by atoms with van der Waals surface area (Å²) >= 11 is 0. The van der Waals surface area contributed by atoms with Gasteiger partial charge in [-0.1, -0.05) is 18.2 Å². The number of phenols is 1. The molecule has 2 aromatic rings. The molecule has 0 saturated heterocycles. The van der Waals surface area contributed by atoms with Crippen LogP contribution >= 0.6 is 0 Å². The van der Waals surface area contributed by atoms with E-state index in [0.29, 0.717) is 5.56 Å². The number of aryl methyl sites for hydroxylation is 1. The van der Waals surface area contributed by atoms with Crippen molar-refractivity contribution in [3.63, 3.8) is 0 Å². The smallest absolute Gasteiger partial charge is 0.416 e. The van der Waals surface area contributed by atoms with Crippen molar-refractivity contribution in [1.29, 1.82) is 0 Å². The molecule has 0 heterocycles. The van der Waals surface area contributed by atoms with Gasteiger partial charge in [-0.15, -0.1) is 0 Å². The lowest BCUT2D eigenvalue weighted by molar-refractivity contribution is -0.137. The molecular formula is C15H12F3NO2. The number of hydrogen-bond donors (Lipinski definition) is 2. The molecule has 1 amide bonds. The fourth-order valence-corrected chi connectivity index (χ4v) is 1.79. The fraction of sp³-hybridized carbons (Fsp3) is 0.133. The van der Waals surface area contributed by atoms with Crippen LogP contribution in [0, 0.1) is 6.92 Å². The van der Waals surface area contributed by atoms with E-state index in [-0.39, 0.29) is 17.0 Å². The van der Waals surface area contributed by atoms with E-state index in [4.69, 9.17) is 0 Å². The minimum absolute atomic E-state index is 0.00527. The third kappa shape index (κ3) is 3.34. The summed E-state index contributed by atoms with van der Waals surface area (Å²) in [6.45, 7) is 1.58. The molecule has 2 rings (SSSR count). The number of hydrogen-bond acceptors (Lipinski definition) is 2. The van der Waals surface area contributed by atoms with E-state index in [1.807, 2.05) is 0 Å². The van der Waals surface area contributed by atoms with E-state index in [9.17, 15) is 23.1 Å². The van der Waals surface area contributed by atoms with E-state index >= 15 is 0 Å². The number of anilines is 1. The maximum absolute atomic E-state index is 12.7. The molecule has 0 radical (unpaired) electrons. The molecule has 110 valence electrons. The van der Waals surface area contributed by atoms with Crippen molar-refractivity contribution in [2.75, 3.05) is 5.32 Å². The summed E-state index contributed by atoms with van der Waals surface area (Å²) in [5.41, 5.74) is -0.306. The van der Waals surface area contributed by atoms with E-state index < -0.39 is 17.6 Å². The molecule has 0 aliphatic heterocycles. The Morgan fingerprint density at radius 1 is 1.14 bits per heavy atom. The molecule has 21 heavy (non-hydrogen) atoms. The lowest BCUT2D eigenvalue weighted by Crippen LogP contribution is -2.14. The van der Waals surface area contributed by atoms with Crippen molar-refractivity contribution in [2.45, 2.75) is 13.1 Å². The number of para-hydroxylation sites is 1. The van der Waals surface area contributed by atoms with E-state index in [1.165, 1.54) is 18.2 Å². The Balaban J connectivity index is 2.31. The van der Waals surface area contributed by atoms with Gasteiger partial charge in [-0.25, -0.2) is 0 Å². The van der Waals surface area contributed by atoms with Crippen LogP contribution in [0.2, 0.25) is 0 Å². The van der Waals surface area contributed by atoms with Gasteiger partial charge in [0, 0.05) is 5.69 Å². The summed E-state index contributed by atoms with van der Waals surface area (Å²) in [5, 5.41) is 12.0. The summed E-state index contributed by atoms with van der Waals surface area (Å²) in [4.78, 5) is 12.0. The van der Waals surface area contributed by atoms with Crippen molar-refractivity contribution >= 4 is 11.6 Å². The van der Waals surface area contributed by atoms with Crippen molar-refractivity contribution in [1.82, 2.24) is 0 Å². The average molecular weight is 295 g/mol. The van der Waals surface area contributed by atoms with Gasteiger partial charge in [0.15, 0.2) is 0 Å². The van der Waals surface area contributed by atoms with Crippen LogP contribution in [0.25, 0.3) is 0 Å². The fourth-order valence-electron chi connectivity index (χ4n) is 1.79. The predicted octanol–water partition coefficient (Wildman–Crippen LogP) is 3.97. The molecule has 0 bridgehead atoms. The number of phenolic OH excluding ortho intramolecular Hbond substituents is 1. The van der Waals surface area contributed by atoms with Crippen LogP contribution < -0.4 is 5.32 Å². The molecule has 0 saturated carbocycles. The number of amides is 1. The second kappa shape index (κ2) is 5.47. The minimum atomic E-state index is -4.48. The second-order valence-electron chi connectivity index (χ2n) is 4.50. The highest BCUT2D eigenvalue weighted by molar-refractivity contribution is 6.06. The van der Waals surface area contributed by atoms with Crippen molar-refractivity contribution in [3.05, 3.63) is 59.2 Å². The van der Waals surface area contributed by atoms with Gasteiger partial charge in [0.25, 0.3) is 5.91 Å². The number of nitrogens with one attached hydrogen (secondary N) is 1. The number of halogens is 3. The second-order valence-corrected chi connectivity index (χ2v) is 4.50. The molecule has 0 atom stereocenters. The molecule has 0 aliphatic rings. The zero-order chi connectivity index (χ0) is 15.6. The number of carbonyl (C=O) groups is 1. The molecule has 2 aromatic carbocycles. The van der Waals surface area contributed by atoms with Gasteiger partial charge in [-0.05, 0) is 36.8 Å². The van der Waals surface area contributed by atoms with Crippen molar-refractivity contribution in [3.8, 4) is 5.75 Å². The molecule has 0 aromatic heterocycles. The standard InChI is InChI=1S/C15H12F3NO2/c1-9-6-7-10(15(16,17)18)8-12(9)19-14(21)11-4-2-3-5-13(11)20/h2-8,20H,1H3,(H,19,21). The first kappa shape index (κ1) is 14.9. The Morgan fingerprint density at radius 3 is 2.43 bits per heavy atom. The van der Waals surface area contributed by atoms with Crippen LogP contribution in [0.15, 0.2) is 42.5 Å². The molecule has 0 spiro atoms. The van der Waals surface area contributed by atoms with Crippen LogP contribution in [0.4, 0.5) is 18.9 Å². The van der Waals surface area contributed by atoms with Gasteiger partial charge in [-0.3, -0.25) is 4.79 Å². The van der Waals surface area contributed by atoms with Crippen LogP contribution in [0.5, 0.6) is 5.75 Å². The highest BCUT2D eigenvalue weighted by Crippen LogP contribution is 2.32. The average Bonchev–Trinajstić information content (AvgIpc) is 2.40. The Bertz CT molecular complexity index is 681. The third-order valence-corrected chi connectivity index (χ3v) is 2.96. The molecule has 6 heteroatoms. The summed E-state index contributed by atoms with van der Waals surface area (Å²) in [6, 6.07) is 8.90. The molecule has 0 unspecified atom stereocenters. The summed E-state index contributed by atoms with van der Waals surface area (Å²) in [5.74, 6) is -0.907. The first-order valence-electron chi connectivity index (χ1n) is 6.06. The number of rotatable bonds is 2. The molecule has 0 aliphatic carbocycles. The zero-order valence-corrected chi connectivity index (χ0v) is 11.0. The summed E-state index contributed by atoms with van der Waals surface area (Å²) in [7, 11) is 0. The van der Waals surface area contributed by atoms with E-state index in [0.717, 1.165) is 12.1 Å². The van der Waals surface area contributed by atoms with Crippen LogP contribution in [-0.4, -0.2) is 11.0 Å². The van der Waals surface area contributed by atoms with Gasteiger partial charge < -0.3 is 10.4 Å². The third-order valence-electron chi connectivity index (χ3n) is 2.96. The van der Waals surface area contributed by atoms with Crippen LogP contribution in [0.1, 0.15) is 21.5 Å². The highest BCUT2D eigenvalue weighted by atomic mass is 19.4. The normalized spacial score (nSPS) is 11.2. The van der Waals surface area contributed by atoms with Gasteiger partial charge >= 0.3 is 6.18 Å². The van der Waals surface area contributed by atoms with Crippen LogP contribution in [0.3, 0.4) is 0 Å². The largest absolute Gasteiger partial charge is 0.507 e. The topological polar surface area (TPSA) is 49.3 Å². The number of aromatic hydroxyl groups is 1. The van der Waals surface area contributed by atoms with E-state index in [1.54, 1.807) is 19.1 Å². The van der Waals surface area contributed by atoms with E-state index in [2.05, 4.69) is 5.32 Å². The quantitative estimate of drug-likeness (QED) is 0.880. The summed E-state index contributed by atoms with van der Waals surface area (Å²) < 4.78 is 38.0. The maximum atomic E-state index is 12.7. The van der Waals surface area contributed by atoms with Gasteiger partial charge in [-0.2, -0.15) is 13.2 Å². The number of benzene rings is 2. The summed E-state index contributed by atoms with van der Waals surface area (Å²) in [6.07, 6.45) is -4.48. The van der Waals surface area contributed by atoms with Gasteiger partial charge in [0.2, 0.25) is 0 Å². The highest BCUT2D eigenvalue weighted by Gasteiger charge is 2.31. The molecular weight excluding hydrogens is 283 g/mol. The molecule has 3 nitrogen and oxygen atoms in total. The Hall–Kier alpha value is -2.50. The lowest BCUT2D eigenvalue weighted by atomic mass is 10.1. The molecule has 2 N–H and O–H groups in total. The first-order chi connectivity index (χ1) is 9.79.